The lowest BCUT2D eigenvalue weighted by atomic mass is 9.94. The Labute approximate surface area is 142 Å². The molecule has 1 atom stereocenters. The molecule has 1 unspecified atom stereocenters. The molecule has 1 heterocycles. The van der Waals surface area contributed by atoms with Crippen molar-refractivity contribution < 1.29 is 50.3 Å². The van der Waals surface area contributed by atoms with Gasteiger partial charge in [-0.2, -0.15) is 17.2 Å². The molecule has 1 N–H and O–H groups in total. The number of hydrogen-bond donors (Lipinski definition) is 1. The number of halogens is 2. The molecule has 0 bridgehead atoms. The Bertz CT molecular complexity index is 613. The maximum Gasteiger partial charge on any atom is 0.465 e. The number of rotatable bonds is 6. The van der Waals surface area contributed by atoms with Crippen molar-refractivity contribution in [3.63, 3.8) is 0 Å². The summed E-state index contributed by atoms with van der Waals surface area (Å²) < 4.78 is 74.6. The van der Waals surface area contributed by atoms with Gasteiger partial charge in [0.15, 0.2) is 12.4 Å². The van der Waals surface area contributed by atoms with Crippen LogP contribution in [0.1, 0.15) is 32.1 Å². The summed E-state index contributed by atoms with van der Waals surface area (Å²) in [6, 6.07) is 0. The van der Waals surface area contributed by atoms with Gasteiger partial charge in [0.25, 0.3) is 0 Å². The summed E-state index contributed by atoms with van der Waals surface area (Å²) in [7, 11) is -5.99. The number of ether oxygens (including phenoxy) is 4. The van der Waals surface area contributed by atoms with Crippen LogP contribution in [0.5, 0.6) is 0 Å². The fourth-order valence-corrected chi connectivity index (χ4v) is 2.86. The highest BCUT2D eigenvalue weighted by atomic mass is 32.2. The topological polar surface area (TPSA) is 125 Å². The van der Waals surface area contributed by atoms with E-state index in [1.54, 1.807) is 0 Å². The van der Waals surface area contributed by atoms with E-state index in [9.17, 15) is 26.8 Å². The molecule has 0 aromatic carbocycles. The second-order valence-electron chi connectivity index (χ2n) is 5.77. The van der Waals surface area contributed by atoms with Crippen molar-refractivity contribution in [3.05, 3.63) is 0 Å². The monoisotopic (exact) mass is 388 g/mol. The molecule has 2 aliphatic rings. The van der Waals surface area contributed by atoms with Crippen LogP contribution < -0.4 is 0 Å². The lowest BCUT2D eigenvalue weighted by molar-refractivity contribution is -0.193. The summed E-state index contributed by atoms with van der Waals surface area (Å²) in [6.07, 6.45) is 3.96. The minimum atomic E-state index is -5.99. The van der Waals surface area contributed by atoms with E-state index in [0.717, 1.165) is 32.1 Å². The molecule has 0 aromatic heterocycles. The van der Waals surface area contributed by atoms with Gasteiger partial charge in [0, 0.05) is 12.8 Å². The Balaban J connectivity index is 1.72. The van der Waals surface area contributed by atoms with Crippen molar-refractivity contribution in [1.29, 1.82) is 0 Å². The minimum absolute atomic E-state index is 0.202. The Morgan fingerprint density at radius 2 is 1.84 bits per heavy atom. The van der Waals surface area contributed by atoms with E-state index in [-0.39, 0.29) is 13.2 Å². The Hall–Kier alpha value is -1.37. The third-order valence-electron chi connectivity index (χ3n) is 3.84. The Morgan fingerprint density at radius 3 is 2.44 bits per heavy atom. The molecule has 0 aromatic rings. The Kier molecular flexibility index (Phi) is 5.97. The molecule has 2 fully saturated rings. The standard InChI is InChI=1S/C13H18F2O9S/c14-13(15,25(18,19)20)11(17)22-8-10(16)21-6-9-7-23-12(24-9)4-2-1-3-5-12/h9H,1-8H2,(H,18,19,20). The van der Waals surface area contributed by atoms with Crippen LogP contribution in [0.25, 0.3) is 0 Å². The van der Waals surface area contributed by atoms with Gasteiger partial charge in [-0.3, -0.25) is 4.55 Å². The van der Waals surface area contributed by atoms with E-state index in [0.29, 0.717) is 0 Å². The number of esters is 2. The van der Waals surface area contributed by atoms with Gasteiger partial charge in [-0.05, 0) is 12.8 Å². The average Bonchev–Trinajstić information content (AvgIpc) is 2.92. The van der Waals surface area contributed by atoms with Crippen LogP contribution in [0.2, 0.25) is 0 Å². The van der Waals surface area contributed by atoms with Gasteiger partial charge in [-0.15, -0.1) is 0 Å². The van der Waals surface area contributed by atoms with Gasteiger partial charge >= 0.3 is 27.3 Å². The van der Waals surface area contributed by atoms with Crippen LogP contribution in [-0.2, 0) is 38.7 Å². The summed E-state index contributed by atoms with van der Waals surface area (Å²) in [6.45, 7) is -1.26. The molecule has 1 saturated heterocycles. The van der Waals surface area contributed by atoms with Crippen LogP contribution in [-0.4, -0.2) is 61.9 Å². The summed E-state index contributed by atoms with van der Waals surface area (Å²) in [4.78, 5) is 22.3. The highest BCUT2D eigenvalue weighted by Crippen LogP contribution is 2.37. The summed E-state index contributed by atoms with van der Waals surface area (Å²) >= 11 is 0. The van der Waals surface area contributed by atoms with Gasteiger partial charge in [-0.1, -0.05) is 6.42 Å². The molecule has 2 rings (SSSR count). The first-order valence-corrected chi connectivity index (χ1v) is 8.99. The molecule has 12 heteroatoms. The number of hydrogen-bond acceptors (Lipinski definition) is 8. The van der Waals surface area contributed by atoms with E-state index in [1.165, 1.54) is 0 Å². The van der Waals surface area contributed by atoms with Gasteiger partial charge in [0.2, 0.25) is 0 Å². The highest BCUT2D eigenvalue weighted by molar-refractivity contribution is 7.87. The number of alkyl halides is 2. The number of carbonyl (C=O) groups excluding carboxylic acids is 2. The fourth-order valence-electron chi connectivity index (χ4n) is 2.59. The highest BCUT2D eigenvalue weighted by Gasteiger charge is 2.54. The van der Waals surface area contributed by atoms with E-state index in [1.807, 2.05) is 0 Å². The molecular weight excluding hydrogens is 370 g/mol. The average molecular weight is 388 g/mol. The zero-order valence-corrected chi connectivity index (χ0v) is 13.9. The van der Waals surface area contributed by atoms with Gasteiger partial charge in [0.05, 0.1) is 6.61 Å². The molecule has 0 amide bonds. The first-order chi connectivity index (χ1) is 11.6. The predicted octanol–water partition coefficient (Wildman–Crippen LogP) is 0.629. The van der Waals surface area contributed by atoms with Crippen LogP contribution in [0.3, 0.4) is 0 Å². The third-order valence-corrected chi connectivity index (χ3v) is 4.66. The molecule has 1 aliphatic heterocycles. The SMILES string of the molecule is O=C(COC(=O)C(F)(F)S(=O)(=O)O)OCC1COC2(CCCCC2)O1. The molecule has 1 saturated carbocycles. The van der Waals surface area contributed by atoms with Crippen LogP contribution >= 0.6 is 0 Å². The zero-order chi connectivity index (χ0) is 18.7. The van der Waals surface area contributed by atoms with E-state index >= 15 is 0 Å². The van der Waals surface area contributed by atoms with E-state index in [4.69, 9.17) is 18.8 Å². The first-order valence-electron chi connectivity index (χ1n) is 7.55. The van der Waals surface area contributed by atoms with Crippen molar-refractivity contribution >= 4 is 22.1 Å². The van der Waals surface area contributed by atoms with E-state index in [2.05, 4.69) is 4.74 Å². The second kappa shape index (κ2) is 7.48. The summed E-state index contributed by atoms with van der Waals surface area (Å²) in [5, 5.41) is -5.16. The number of carbonyl (C=O) groups is 2. The van der Waals surface area contributed by atoms with Crippen molar-refractivity contribution in [1.82, 2.24) is 0 Å². The molecular formula is C13H18F2O9S. The first kappa shape index (κ1) is 19.9. The van der Waals surface area contributed by atoms with E-state index < -0.39 is 45.8 Å². The minimum Gasteiger partial charge on any atom is -0.460 e. The normalized spacial score (nSPS) is 23.4. The zero-order valence-electron chi connectivity index (χ0n) is 13.1. The Morgan fingerprint density at radius 1 is 1.20 bits per heavy atom. The lowest BCUT2D eigenvalue weighted by Crippen LogP contribution is -2.40. The second-order valence-corrected chi connectivity index (χ2v) is 7.24. The molecule has 1 spiro atoms. The van der Waals surface area contributed by atoms with Crippen LogP contribution in [0.15, 0.2) is 0 Å². The molecule has 1 aliphatic carbocycles. The van der Waals surface area contributed by atoms with Gasteiger partial charge < -0.3 is 18.9 Å². The summed E-state index contributed by atoms with van der Waals surface area (Å²) in [5.41, 5.74) is 0. The van der Waals surface area contributed by atoms with Crippen molar-refractivity contribution in [3.8, 4) is 0 Å². The van der Waals surface area contributed by atoms with Gasteiger partial charge in [-0.25, -0.2) is 9.59 Å². The van der Waals surface area contributed by atoms with Crippen molar-refractivity contribution in [2.75, 3.05) is 19.8 Å². The molecule has 9 nitrogen and oxygen atoms in total. The summed E-state index contributed by atoms with van der Waals surface area (Å²) in [5.74, 6) is -4.42. The van der Waals surface area contributed by atoms with Crippen molar-refractivity contribution in [2.24, 2.45) is 0 Å². The fraction of sp³-hybridized carbons (Fsp3) is 0.846. The third kappa shape index (κ3) is 4.84. The van der Waals surface area contributed by atoms with Crippen molar-refractivity contribution in [2.45, 2.75) is 49.2 Å². The maximum absolute atomic E-state index is 12.9. The predicted molar refractivity (Wildman–Crippen MR) is 75.1 cm³/mol. The molecule has 144 valence electrons. The molecule has 0 radical (unpaired) electrons. The quantitative estimate of drug-likeness (QED) is 0.515. The van der Waals surface area contributed by atoms with Crippen LogP contribution in [0, 0.1) is 0 Å². The van der Waals surface area contributed by atoms with Crippen LogP contribution in [0.4, 0.5) is 8.78 Å². The maximum atomic E-state index is 12.9. The lowest BCUT2D eigenvalue weighted by Gasteiger charge is -2.31. The molecule has 25 heavy (non-hydrogen) atoms. The largest absolute Gasteiger partial charge is 0.465 e. The smallest absolute Gasteiger partial charge is 0.460 e. The van der Waals surface area contributed by atoms with Gasteiger partial charge in [0.1, 0.15) is 12.7 Å².